The van der Waals surface area contributed by atoms with Gasteiger partial charge in [0.1, 0.15) is 5.75 Å². The molecule has 19 heavy (non-hydrogen) atoms. The van der Waals surface area contributed by atoms with Gasteiger partial charge in [-0.05, 0) is 35.4 Å². The van der Waals surface area contributed by atoms with Gasteiger partial charge in [0, 0.05) is 12.1 Å². The second-order valence-corrected chi connectivity index (χ2v) is 4.21. The van der Waals surface area contributed by atoms with E-state index in [1.165, 1.54) is 0 Å². The van der Waals surface area contributed by atoms with Crippen molar-refractivity contribution in [2.75, 3.05) is 12.4 Å². The Morgan fingerprint density at radius 2 is 1.84 bits per heavy atom. The molecular weight excluding hydrogens is 238 g/mol. The number of hydrogen-bond donors (Lipinski definition) is 1. The SMILES string of the molecule is CCC(=O)Nc1cccc(-c2ccc(OC)cc2)c1. The molecule has 1 N–H and O–H groups in total. The number of methoxy groups -OCH3 is 1. The Morgan fingerprint density at radius 3 is 2.47 bits per heavy atom. The highest BCUT2D eigenvalue weighted by atomic mass is 16.5. The molecule has 0 unspecified atom stereocenters. The standard InChI is InChI=1S/C16H17NO2/c1-3-16(18)17-14-6-4-5-13(11-14)12-7-9-15(19-2)10-8-12/h4-11H,3H2,1-2H3,(H,17,18). The second kappa shape index (κ2) is 6.05. The first kappa shape index (κ1) is 13.1. The number of carbonyl (C=O) groups excluding carboxylic acids is 1. The predicted octanol–water partition coefficient (Wildman–Crippen LogP) is 3.71. The molecule has 0 saturated heterocycles. The summed E-state index contributed by atoms with van der Waals surface area (Å²) >= 11 is 0. The molecule has 0 radical (unpaired) electrons. The van der Waals surface area contributed by atoms with Crippen LogP contribution in [-0.2, 0) is 4.79 Å². The van der Waals surface area contributed by atoms with E-state index in [1.54, 1.807) is 7.11 Å². The van der Waals surface area contributed by atoms with Crippen molar-refractivity contribution in [1.82, 2.24) is 0 Å². The molecule has 0 heterocycles. The minimum absolute atomic E-state index is 0.0203. The van der Waals surface area contributed by atoms with Crippen LogP contribution in [0.15, 0.2) is 48.5 Å². The largest absolute Gasteiger partial charge is 0.497 e. The van der Waals surface area contributed by atoms with Gasteiger partial charge in [0.2, 0.25) is 5.91 Å². The molecule has 0 aliphatic carbocycles. The molecule has 0 fully saturated rings. The van der Waals surface area contributed by atoms with Crippen molar-refractivity contribution in [2.24, 2.45) is 0 Å². The number of nitrogens with one attached hydrogen (secondary N) is 1. The number of hydrogen-bond acceptors (Lipinski definition) is 2. The first-order valence-electron chi connectivity index (χ1n) is 6.27. The van der Waals surface area contributed by atoms with Gasteiger partial charge in [-0.15, -0.1) is 0 Å². The maximum atomic E-state index is 11.4. The van der Waals surface area contributed by atoms with Crippen LogP contribution >= 0.6 is 0 Å². The van der Waals surface area contributed by atoms with Gasteiger partial charge < -0.3 is 10.1 Å². The molecule has 98 valence electrons. The van der Waals surface area contributed by atoms with Crippen LogP contribution in [-0.4, -0.2) is 13.0 Å². The Kier molecular flexibility index (Phi) is 4.18. The molecule has 0 bridgehead atoms. The quantitative estimate of drug-likeness (QED) is 0.904. The van der Waals surface area contributed by atoms with Crippen LogP contribution in [0.1, 0.15) is 13.3 Å². The summed E-state index contributed by atoms with van der Waals surface area (Å²) in [6.45, 7) is 1.84. The topological polar surface area (TPSA) is 38.3 Å². The van der Waals surface area contributed by atoms with E-state index in [-0.39, 0.29) is 5.91 Å². The van der Waals surface area contributed by atoms with Crippen molar-refractivity contribution in [3.63, 3.8) is 0 Å². The highest BCUT2D eigenvalue weighted by Gasteiger charge is 2.02. The number of ether oxygens (including phenoxy) is 1. The van der Waals surface area contributed by atoms with Gasteiger partial charge in [0.15, 0.2) is 0 Å². The normalized spacial score (nSPS) is 10.0. The van der Waals surface area contributed by atoms with Crippen LogP contribution in [0.3, 0.4) is 0 Å². The zero-order valence-electron chi connectivity index (χ0n) is 11.1. The highest BCUT2D eigenvalue weighted by molar-refractivity contribution is 5.91. The van der Waals surface area contributed by atoms with E-state index in [0.29, 0.717) is 6.42 Å². The highest BCUT2D eigenvalue weighted by Crippen LogP contribution is 2.24. The lowest BCUT2D eigenvalue weighted by atomic mass is 10.0. The third kappa shape index (κ3) is 3.35. The number of amides is 1. The van der Waals surface area contributed by atoms with Gasteiger partial charge in [0.25, 0.3) is 0 Å². The molecule has 2 aromatic rings. The Labute approximate surface area is 113 Å². The summed E-state index contributed by atoms with van der Waals surface area (Å²) in [5, 5.41) is 2.86. The van der Waals surface area contributed by atoms with Crippen molar-refractivity contribution in [1.29, 1.82) is 0 Å². The van der Waals surface area contributed by atoms with Crippen LogP contribution in [0.2, 0.25) is 0 Å². The smallest absolute Gasteiger partial charge is 0.224 e. The summed E-state index contributed by atoms with van der Waals surface area (Å²) < 4.78 is 5.14. The van der Waals surface area contributed by atoms with E-state index in [2.05, 4.69) is 5.32 Å². The second-order valence-electron chi connectivity index (χ2n) is 4.21. The van der Waals surface area contributed by atoms with Gasteiger partial charge >= 0.3 is 0 Å². The van der Waals surface area contributed by atoms with E-state index in [4.69, 9.17) is 4.74 Å². The van der Waals surface area contributed by atoms with Gasteiger partial charge in [0.05, 0.1) is 7.11 Å². The Balaban J connectivity index is 2.24. The van der Waals surface area contributed by atoms with Crippen molar-refractivity contribution in [2.45, 2.75) is 13.3 Å². The molecule has 0 aliphatic rings. The third-order valence-electron chi connectivity index (χ3n) is 2.89. The fourth-order valence-corrected chi connectivity index (χ4v) is 1.81. The van der Waals surface area contributed by atoms with E-state index in [9.17, 15) is 4.79 Å². The number of carbonyl (C=O) groups is 1. The van der Waals surface area contributed by atoms with Gasteiger partial charge in [-0.2, -0.15) is 0 Å². The number of rotatable bonds is 4. The van der Waals surface area contributed by atoms with Gasteiger partial charge in [-0.25, -0.2) is 0 Å². The molecule has 0 saturated carbocycles. The summed E-state index contributed by atoms with van der Waals surface area (Å²) in [4.78, 5) is 11.4. The molecule has 0 atom stereocenters. The molecule has 0 spiro atoms. The fourth-order valence-electron chi connectivity index (χ4n) is 1.81. The molecule has 3 heteroatoms. The molecule has 2 aromatic carbocycles. The maximum absolute atomic E-state index is 11.4. The van der Waals surface area contributed by atoms with Crippen LogP contribution in [0, 0.1) is 0 Å². The Hall–Kier alpha value is -2.29. The summed E-state index contributed by atoms with van der Waals surface area (Å²) in [5.41, 5.74) is 2.98. The van der Waals surface area contributed by atoms with Crippen LogP contribution in [0.5, 0.6) is 5.75 Å². The summed E-state index contributed by atoms with van der Waals surface area (Å²) in [7, 11) is 1.65. The number of benzene rings is 2. The molecular formula is C16H17NO2. The van der Waals surface area contributed by atoms with Crippen LogP contribution in [0.25, 0.3) is 11.1 Å². The molecule has 3 nitrogen and oxygen atoms in total. The van der Waals surface area contributed by atoms with E-state index >= 15 is 0 Å². The van der Waals surface area contributed by atoms with Gasteiger partial charge in [-0.1, -0.05) is 31.2 Å². The van der Waals surface area contributed by atoms with Crippen molar-refractivity contribution in [3.8, 4) is 16.9 Å². The van der Waals surface area contributed by atoms with Crippen molar-refractivity contribution >= 4 is 11.6 Å². The lowest BCUT2D eigenvalue weighted by molar-refractivity contribution is -0.115. The summed E-state index contributed by atoms with van der Waals surface area (Å²) in [6.07, 6.45) is 0.479. The van der Waals surface area contributed by atoms with Crippen molar-refractivity contribution in [3.05, 3.63) is 48.5 Å². The summed E-state index contributed by atoms with van der Waals surface area (Å²) in [5.74, 6) is 0.853. The Bertz CT molecular complexity index is 561. The fraction of sp³-hybridized carbons (Fsp3) is 0.188. The van der Waals surface area contributed by atoms with Gasteiger partial charge in [-0.3, -0.25) is 4.79 Å². The lowest BCUT2D eigenvalue weighted by Crippen LogP contribution is -2.09. The third-order valence-corrected chi connectivity index (χ3v) is 2.89. The maximum Gasteiger partial charge on any atom is 0.224 e. The van der Waals surface area contributed by atoms with E-state index < -0.39 is 0 Å². The zero-order chi connectivity index (χ0) is 13.7. The molecule has 0 aromatic heterocycles. The minimum atomic E-state index is 0.0203. The van der Waals surface area contributed by atoms with E-state index in [1.807, 2.05) is 55.5 Å². The minimum Gasteiger partial charge on any atom is -0.497 e. The van der Waals surface area contributed by atoms with E-state index in [0.717, 1.165) is 22.6 Å². The van der Waals surface area contributed by atoms with Crippen LogP contribution < -0.4 is 10.1 Å². The van der Waals surface area contributed by atoms with Crippen molar-refractivity contribution < 1.29 is 9.53 Å². The lowest BCUT2D eigenvalue weighted by Gasteiger charge is -2.07. The first-order valence-corrected chi connectivity index (χ1v) is 6.27. The predicted molar refractivity (Wildman–Crippen MR) is 77.4 cm³/mol. The number of anilines is 1. The average Bonchev–Trinajstić information content (AvgIpc) is 2.47. The molecule has 1 amide bonds. The van der Waals surface area contributed by atoms with Crippen LogP contribution in [0.4, 0.5) is 5.69 Å². The molecule has 2 rings (SSSR count). The Morgan fingerprint density at radius 1 is 1.11 bits per heavy atom. The zero-order valence-corrected chi connectivity index (χ0v) is 11.1. The first-order chi connectivity index (χ1) is 9.22. The average molecular weight is 255 g/mol. The molecule has 0 aliphatic heterocycles. The monoisotopic (exact) mass is 255 g/mol. The summed E-state index contributed by atoms with van der Waals surface area (Å²) in [6, 6.07) is 15.7.